The Labute approximate surface area is 222 Å². The second kappa shape index (κ2) is 11.9. The van der Waals surface area contributed by atoms with Crippen LogP contribution >= 0.6 is 15.9 Å². The zero-order valence-corrected chi connectivity index (χ0v) is 21.4. The van der Waals surface area contributed by atoms with Gasteiger partial charge in [-0.15, -0.1) is 0 Å². The van der Waals surface area contributed by atoms with E-state index in [-0.39, 0.29) is 11.5 Å². The molecule has 0 saturated carbocycles. The van der Waals surface area contributed by atoms with Gasteiger partial charge >= 0.3 is 5.97 Å². The number of aryl methyl sites for hydroxylation is 1. The largest absolute Gasteiger partial charge is 0.422 e. The van der Waals surface area contributed by atoms with E-state index in [2.05, 4.69) is 31.8 Å². The minimum Gasteiger partial charge on any atom is -0.422 e. The first kappa shape index (κ1) is 25.5. The molecular formula is C29H22BrN3O4. The number of halogens is 1. The standard InChI is InChI=1S/C29H22BrN3O4/c1-19-7-6-9-21(17-19)29(36)37-26-12-5-2-8-22(26)18-31-33-28(35)24-10-3-4-11-25(24)32-27(34)20-13-15-23(30)16-14-20/h2-18H,1H3,(H,32,34)(H,33,35)/b31-18-. The number of para-hydroxylation sites is 2. The van der Waals surface area contributed by atoms with Gasteiger partial charge in [-0.1, -0.05) is 57.9 Å². The number of carbonyl (C=O) groups is 3. The SMILES string of the molecule is Cc1cccc(C(=O)Oc2ccccc2/C=N\NC(=O)c2ccccc2NC(=O)c2ccc(Br)cc2)c1. The number of hydrazone groups is 1. The van der Waals surface area contributed by atoms with Crippen molar-refractivity contribution in [3.8, 4) is 5.75 Å². The Morgan fingerprint density at radius 1 is 0.811 bits per heavy atom. The number of anilines is 1. The zero-order chi connectivity index (χ0) is 26.2. The molecule has 2 N–H and O–H groups in total. The molecule has 0 radical (unpaired) electrons. The number of esters is 1. The van der Waals surface area contributed by atoms with E-state index in [0.29, 0.717) is 28.1 Å². The second-order valence-electron chi connectivity index (χ2n) is 8.00. The number of hydrogen-bond donors (Lipinski definition) is 2. The van der Waals surface area contributed by atoms with Crippen LogP contribution in [0.25, 0.3) is 0 Å². The lowest BCUT2D eigenvalue weighted by Crippen LogP contribution is -2.21. The van der Waals surface area contributed by atoms with Crippen LogP contribution in [0.2, 0.25) is 0 Å². The summed E-state index contributed by atoms with van der Waals surface area (Å²) >= 11 is 3.34. The molecule has 0 aromatic heterocycles. The summed E-state index contributed by atoms with van der Waals surface area (Å²) in [5.41, 5.74) is 5.37. The van der Waals surface area contributed by atoms with E-state index in [1.807, 2.05) is 13.0 Å². The number of hydrogen-bond acceptors (Lipinski definition) is 5. The van der Waals surface area contributed by atoms with Crippen LogP contribution < -0.4 is 15.5 Å². The van der Waals surface area contributed by atoms with Gasteiger partial charge in [0, 0.05) is 15.6 Å². The van der Waals surface area contributed by atoms with Crippen molar-refractivity contribution in [3.05, 3.63) is 129 Å². The Hall–Kier alpha value is -4.56. The van der Waals surface area contributed by atoms with Crippen LogP contribution in [-0.4, -0.2) is 24.0 Å². The average Bonchev–Trinajstić information content (AvgIpc) is 2.90. The summed E-state index contributed by atoms with van der Waals surface area (Å²) in [5.74, 6) is -1.06. The summed E-state index contributed by atoms with van der Waals surface area (Å²) in [6, 6.07) is 27.5. The molecule has 0 heterocycles. The van der Waals surface area contributed by atoms with Crippen molar-refractivity contribution in [2.75, 3.05) is 5.32 Å². The maximum absolute atomic E-state index is 12.8. The van der Waals surface area contributed by atoms with Gasteiger partial charge in [-0.3, -0.25) is 9.59 Å². The predicted molar refractivity (Wildman–Crippen MR) is 146 cm³/mol. The molecule has 0 unspecified atom stereocenters. The lowest BCUT2D eigenvalue weighted by Gasteiger charge is -2.10. The summed E-state index contributed by atoms with van der Waals surface area (Å²) in [6.45, 7) is 1.89. The summed E-state index contributed by atoms with van der Waals surface area (Å²) in [6.07, 6.45) is 1.39. The van der Waals surface area contributed by atoms with Crippen LogP contribution in [0.4, 0.5) is 5.69 Å². The van der Waals surface area contributed by atoms with Gasteiger partial charge < -0.3 is 10.1 Å². The Bertz CT molecular complexity index is 1480. The van der Waals surface area contributed by atoms with Gasteiger partial charge in [0.25, 0.3) is 11.8 Å². The molecule has 0 aliphatic rings. The summed E-state index contributed by atoms with van der Waals surface area (Å²) < 4.78 is 6.40. The van der Waals surface area contributed by atoms with Crippen LogP contribution in [0.3, 0.4) is 0 Å². The quantitative estimate of drug-likeness (QED) is 0.126. The van der Waals surface area contributed by atoms with E-state index in [9.17, 15) is 14.4 Å². The molecule has 0 aliphatic carbocycles. The lowest BCUT2D eigenvalue weighted by molar-refractivity contribution is 0.0733. The maximum atomic E-state index is 12.8. The minimum absolute atomic E-state index is 0.240. The van der Waals surface area contributed by atoms with Crippen LogP contribution in [-0.2, 0) is 0 Å². The first-order chi connectivity index (χ1) is 17.9. The fourth-order valence-corrected chi connectivity index (χ4v) is 3.68. The smallest absolute Gasteiger partial charge is 0.343 e. The van der Waals surface area contributed by atoms with Crippen molar-refractivity contribution in [2.45, 2.75) is 6.92 Å². The van der Waals surface area contributed by atoms with E-state index < -0.39 is 11.9 Å². The number of ether oxygens (including phenoxy) is 1. The minimum atomic E-state index is -0.516. The zero-order valence-electron chi connectivity index (χ0n) is 19.8. The molecule has 4 rings (SSSR count). The highest BCUT2D eigenvalue weighted by Crippen LogP contribution is 2.19. The Morgan fingerprint density at radius 2 is 1.54 bits per heavy atom. The molecule has 7 nitrogen and oxygen atoms in total. The van der Waals surface area contributed by atoms with Gasteiger partial charge in [-0.05, 0) is 67.6 Å². The molecule has 0 fully saturated rings. The van der Waals surface area contributed by atoms with E-state index in [1.165, 1.54) is 6.21 Å². The van der Waals surface area contributed by atoms with Gasteiger partial charge in [0.2, 0.25) is 0 Å². The molecule has 0 atom stereocenters. The third-order valence-electron chi connectivity index (χ3n) is 5.27. The predicted octanol–water partition coefficient (Wildman–Crippen LogP) is 5.99. The highest BCUT2D eigenvalue weighted by molar-refractivity contribution is 9.10. The Kier molecular flexibility index (Phi) is 8.22. The third kappa shape index (κ3) is 6.77. The molecular weight excluding hydrogens is 534 g/mol. The molecule has 37 heavy (non-hydrogen) atoms. The highest BCUT2D eigenvalue weighted by atomic mass is 79.9. The van der Waals surface area contributed by atoms with Crippen molar-refractivity contribution >= 4 is 45.6 Å². The number of rotatable bonds is 7. The van der Waals surface area contributed by atoms with Crippen molar-refractivity contribution in [1.82, 2.24) is 5.43 Å². The number of benzene rings is 4. The van der Waals surface area contributed by atoms with Gasteiger partial charge in [-0.25, -0.2) is 10.2 Å². The van der Waals surface area contributed by atoms with Crippen LogP contribution in [0.1, 0.15) is 42.2 Å². The average molecular weight is 556 g/mol. The topological polar surface area (TPSA) is 96.9 Å². The monoisotopic (exact) mass is 555 g/mol. The number of amides is 2. The molecule has 0 spiro atoms. The summed E-state index contributed by atoms with van der Waals surface area (Å²) in [4.78, 5) is 38.0. The fourth-order valence-electron chi connectivity index (χ4n) is 3.42. The van der Waals surface area contributed by atoms with Crippen LogP contribution in [0, 0.1) is 6.92 Å². The van der Waals surface area contributed by atoms with Crippen LogP contribution in [0.5, 0.6) is 5.75 Å². The molecule has 0 saturated heterocycles. The molecule has 4 aromatic carbocycles. The Balaban J connectivity index is 1.44. The van der Waals surface area contributed by atoms with Gasteiger partial charge in [0.15, 0.2) is 0 Å². The molecule has 0 aliphatic heterocycles. The highest BCUT2D eigenvalue weighted by Gasteiger charge is 2.14. The first-order valence-corrected chi connectivity index (χ1v) is 12.1. The first-order valence-electron chi connectivity index (χ1n) is 11.3. The number of nitrogens with zero attached hydrogens (tertiary/aromatic N) is 1. The molecule has 8 heteroatoms. The van der Waals surface area contributed by atoms with Gasteiger partial charge in [0.05, 0.1) is 23.0 Å². The van der Waals surface area contributed by atoms with E-state index in [0.717, 1.165) is 10.0 Å². The lowest BCUT2D eigenvalue weighted by atomic mass is 10.1. The summed E-state index contributed by atoms with van der Waals surface area (Å²) in [5, 5.41) is 6.79. The molecule has 0 bridgehead atoms. The maximum Gasteiger partial charge on any atom is 0.343 e. The number of nitrogens with one attached hydrogen (secondary N) is 2. The van der Waals surface area contributed by atoms with Crippen molar-refractivity contribution in [2.24, 2.45) is 5.10 Å². The molecule has 184 valence electrons. The van der Waals surface area contributed by atoms with Gasteiger partial charge in [-0.2, -0.15) is 5.10 Å². The normalized spacial score (nSPS) is 10.6. The molecule has 4 aromatic rings. The number of carbonyl (C=O) groups excluding carboxylic acids is 3. The second-order valence-corrected chi connectivity index (χ2v) is 8.92. The van der Waals surface area contributed by atoms with Gasteiger partial charge in [0.1, 0.15) is 5.75 Å². The van der Waals surface area contributed by atoms with Crippen molar-refractivity contribution < 1.29 is 19.1 Å². The van der Waals surface area contributed by atoms with E-state index in [1.54, 1.807) is 91.0 Å². The third-order valence-corrected chi connectivity index (χ3v) is 5.80. The van der Waals surface area contributed by atoms with E-state index in [4.69, 9.17) is 4.74 Å². The van der Waals surface area contributed by atoms with Crippen molar-refractivity contribution in [3.63, 3.8) is 0 Å². The van der Waals surface area contributed by atoms with E-state index >= 15 is 0 Å². The molecule has 2 amide bonds. The summed E-state index contributed by atoms with van der Waals surface area (Å²) in [7, 11) is 0. The Morgan fingerprint density at radius 3 is 2.32 bits per heavy atom. The fraction of sp³-hybridized carbons (Fsp3) is 0.0345. The van der Waals surface area contributed by atoms with Crippen molar-refractivity contribution in [1.29, 1.82) is 0 Å². The van der Waals surface area contributed by atoms with Crippen LogP contribution in [0.15, 0.2) is 107 Å².